The Morgan fingerprint density at radius 2 is 2.05 bits per heavy atom. The summed E-state index contributed by atoms with van der Waals surface area (Å²) < 4.78 is 5.23. The highest BCUT2D eigenvalue weighted by atomic mass is 16.5. The number of hydrogen-bond acceptors (Lipinski definition) is 5. The summed E-state index contributed by atoms with van der Waals surface area (Å²) in [7, 11) is 0. The van der Waals surface area contributed by atoms with Crippen LogP contribution in [0.25, 0.3) is 0 Å². The molecule has 0 bridgehead atoms. The lowest BCUT2D eigenvalue weighted by atomic mass is 10.2. The molecule has 110 valence electrons. The van der Waals surface area contributed by atoms with Crippen molar-refractivity contribution in [2.24, 2.45) is 5.73 Å². The van der Waals surface area contributed by atoms with E-state index in [0.717, 1.165) is 32.8 Å². The molecule has 0 aromatic rings. The van der Waals surface area contributed by atoms with Gasteiger partial charge in [-0.2, -0.15) is 0 Å². The number of aliphatic carboxylic acids is 1. The maximum Gasteiger partial charge on any atom is 0.320 e. The Labute approximate surface area is 113 Å². The molecule has 1 saturated heterocycles. The molecule has 1 fully saturated rings. The summed E-state index contributed by atoms with van der Waals surface area (Å²) >= 11 is 0. The zero-order valence-corrected chi connectivity index (χ0v) is 11.1. The van der Waals surface area contributed by atoms with E-state index in [2.05, 4.69) is 10.2 Å². The molecule has 1 aliphatic rings. The van der Waals surface area contributed by atoms with Gasteiger partial charge in [-0.05, 0) is 12.8 Å². The Morgan fingerprint density at radius 3 is 2.68 bits per heavy atom. The monoisotopic (exact) mass is 273 g/mol. The molecular weight excluding hydrogens is 250 g/mol. The van der Waals surface area contributed by atoms with Gasteiger partial charge in [0.05, 0.1) is 13.2 Å². The molecule has 4 N–H and O–H groups in total. The normalized spacial score (nSPS) is 17.9. The lowest BCUT2D eigenvalue weighted by Gasteiger charge is -2.26. The predicted molar refractivity (Wildman–Crippen MR) is 69.7 cm³/mol. The Morgan fingerprint density at radius 1 is 1.37 bits per heavy atom. The molecule has 7 nitrogen and oxygen atoms in total. The van der Waals surface area contributed by atoms with Crippen molar-refractivity contribution in [3.8, 4) is 0 Å². The van der Waals surface area contributed by atoms with Crippen LogP contribution >= 0.6 is 0 Å². The van der Waals surface area contributed by atoms with Crippen LogP contribution in [0.3, 0.4) is 0 Å². The van der Waals surface area contributed by atoms with E-state index < -0.39 is 12.0 Å². The van der Waals surface area contributed by atoms with E-state index in [1.54, 1.807) is 0 Å². The fourth-order valence-corrected chi connectivity index (χ4v) is 1.85. The fourth-order valence-electron chi connectivity index (χ4n) is 1.85. The van der Waals surface area contributed by atoms with Gasteiger partial charge in [-0.3, -0.25) is 14.5 Å². The average Bonchev–Trinajstić information content (AvgIpc) is 2.42. The number of nitrogens with one attached hydrogen (secondary N) is 1. The Hall–Kier alpha value is -1.18. The van der Waals surface area contributed by atoms with E-state index in [0.29, 0.717) is 25.8 Å². The number of carbonyl (C=O) groups is 2. The summed E-state index contributed by atoms with van der Waals surface area (Å²) in [5, 5.41) is 11.4. The van der Waals surface area contributed by atoms with Crippen molar-refractivity contribution in [1.82, 2.24) is 10.2 Å². The van der Waals surface area contributed by atoms with Gasteiger partial charge in [-0.1, -0.05) is 0 Å². The minimum Gasteiger partial charge on any atom is -0.480 e. The van der Waals surface area contributed by atoms with E-state index in [-0.39, 0.29) is 5.91 Å². The highest BCUT2D eigenvalue weighted by Crippen LogP contribution is 1.98. The van der Waals surface area contributed by atoms with Crippen LogP contribution < -0.4 is 11.1 Å². The van der Waals surface area contributed by atoms with Crippen LogP contribution in [-0.2, 0) is 14.3 Å². The second kappa shape index (κ2) is 8.84. The first-order chi connectivity index (χ1) is 9.09. The highest BCUT2D eigenvalue weighted by molar-refractivity contribution is 5.76. The smallest absolute Gasteiger partial charge is 0.320 e. The van der Waals surface area contributed by atoms with Crippen molar-refractivity contribution < 1.29 is 19.4 Å². The minimum atomic E-state index is -1.00. The molecule has 0 spiro atoms. The van der Waals surface area contributed by atoms with Gasteiger partial charge in [-0.15, -0.1) is 0 Å². The maximum absolute atomic E-state index is 11.5. The van der Waals surface area contributed by atoms with Crippen LogP contribution in [0.5, 0.6) is 0 Å². The van der Waals surface area contributed by atoms with E-state index in [1.165, 1.54) is 0 Å². The number of nitrogens with two attached hydrogens (primary N) is 1. The van der Waals surface area contributed by atoms with Crippen LogP contribution in [0.2, 0.25) is 0 Å². The lowest BCUT2D eigenvalue weighted by molar-refractivity contribution is -0.138. The van der Waals surface area contributed by atoms with Crippen molar-refractivity contribution in [2.75, 3.05) is 39.4 Å². The van der Waals surface area contributed by atoms with Crippen LogP contribution in [0, 0.1) is 0 Å². The molecule has 0 saturated carbocycles. The Bertz CT molecular complexity index is 293. The third-order valence-corrected chi connectivity index (χ3v) is 3.09. The number of carboxylic acid groups (broad SMARTS) is 1. The zero-order chi connectivity index (χ0) is 14.1. The average molecular weight is 273 g/mol. The van der Waals surface area contributed by atoms with Crippen molar-refractivity contribution in [3.05, 3.63) is 0 Å². The van der Waals surface area contributed by atoms with E-state index in [4.69, 9.17) is 15.6 Å². The topological polar surface area (TPSA) is 105 Å². The Balaban J connectivity index is 2.00. The quantitative estimate of drug-likeness (QED) is 0.491. The first kappa shape index (κ1) is 15.9. The lowest BCUT2D eigenvalue weighted by Crippen LogP contribution is -2.39. The number of morpholine rings is 1. The van der Waals surface area contributed by atoms with Gasteiger partial charge in [0.25, 0.3) is 0 Å². The van der Waals surface area contributed by atoms with Crippen LogP contribution in [0.15, 0.2) is 0 Å². The van der Waals surface area contributed by atoms with Gasteiger partial charge < -0.3 is 20.9 Å². The molecule has 0 aliphatic carbocycles. The number of ether oxygens (including phenoxy) is 1. The predicted octanol–water partition coefficient (Wildman–Crippen LogP) is -0.983. The molecule has 1 atom stereocenters. The molecule has 1 rings (SSSR count). The van der Waals surface area contributed by atoms with Gasteiger partial charge in [0.15, 0.2) is 0 Å². The molecule has 1 amide bonds. The van der Waals surface area contributed by atoms with Crippen LogP contribution in [0.1, 0.15) is 19.3 Å². The van der Waals surface area contributed by atoms with Gasteiger partial charge >= 0.3 is 5.97 Å². The van der Waals surface area contributed by atoms with Crippen LogP contribution in [-0.4, -0.2) is 67.3 Å². The number of rotatable bonds is 8. The standard InChI is InChI=1S/C12H23N3O4/c13-10(12(17)18)2-1-4-14-11(16)3-5-15-6-8-19-9-7-15/h10H,1-9,13H2,(H,14,16)(H,17,18)/t10-/m0/s1. The molecule has 19 heavy (non-hydrogen) atoms. The van der Waals surface area contributed by atoms with Crippen molar-refractivity contribution in [1.29, 1.82) is 0 Å². The van der Waals surface area contributed by atoms with E-state index >= 15 is 0 Å². The summed E-state index contributed by atoms with van der Waals surface area (Å²) in [4.78, 5) is 24.2. The molecule has 0 unspecified atom stereocenters. The highest BCUT2D eigenvalue weighted by Gasteiger charge is 2.12. The summed E-state index contributed by atoms with van der Waals surface area (Å²) in [6, 6.07) is -0.842. The third kappa shape index (κ3) is 7.09. The molecule has 1 heterocycles. The van der Waals surface area contributed by atoms with E-state index in [1.807, 2.05) is 0 Å². The van der Waals surface area contributed by atoms with Gasteiger partial charge in [0.1, 0.15) is 6.04 Å². The molecule has 1 aliphatic heterocycles. The maximum atomic E-state index is 11.5. The first-order valence-corrected chi connectivity index (χ1v) is 6.65. The van der Waals surface area contributed by atoms with Gasteiger partial charge in [-0.25, -0.2) is 0 Å². The SMILES string of the molecule is N[C@@H](CCCNC(=O)CCN1CCOCC1)C(=O)O. The van der Waals surface area contributed by atoms with Gasteiger partial charge in [0, 0.05) is 32.6 Å². The number of nitrogens with zero attached hydrogens (tertiary/aromatic N) is 1. The summed E-state index contributed by atoms with van der Waals surface area (Å²) in [5.74, 6) is -1.01. The second-order valence-electron chi connectivity index (χ2n) is 4.64. The van der Waals surface area contributed by atoms with E-state index in [9.17, 15) is 9.59 Å². The molecule has 0 aromatic carbocycles. The first-order valence-electron chi connectivity index (χ1n) is 6.65. The fraction of sp³-hybridized carbons (Fsp3) is 0.833. The number of carboxylic acids is 1. The molecular formula is C12H23N3O4. The molecule has 0 radical (unpaired) electrons. The van der Waals surface area contributed by atoms with Crippen molar-refractivity contribution >= 4 is 11.9 Å². The summed E-state index contributed by atoms with van der Waals surface area (Å²) in [6.07, 6.45) is 1.42. The number of hydrogen-bond donors (Lipinski definition) is 3. The van der Waals surface area contributed by atoms with Crippen molar-refractivity contribution in [3.63, 3.8) is 0 Å². The van der Waals surface area contributed by atoms with Crippen molar-refractivity contribution in [2.45, 2.75) is 25.3 Å². The molecule has 0 aromatic heterocycles. The molecule has 7 heteroatoms. The summed E-state index contributed by atoms with van der Waals surface area (Å²) in [6.45, 7) is 4.43. The third-order valence-electron chi connectivity index (χ3n) is 3.09. The second-order valence-corrected chi connectivity index (χ2v) is 4.64. The van der Waals surface area contributed by atoms with Crippen LogP contribution in [0.4, 0.5) is 0 Å². The minimum absolute atomic E-state index is 0.00427. The number of amides is 1. The zero-order valence-electron chi connectivity index (χ0n) is 11.1. The number of carbonyl (C=O) groups excluding carboxylic acids is 1. The Kier molecular flexibility index (Phi) is 7.39. The largest absolute Gasteiger partial charge is 0.480 e. The van der Waals surface area contributed by atoms with Gasteiger partial charge in [0.2, 0.25) is 5.91 Å². The summed E-state index contributed by atoms with van der Waals surface area (Å²) in [5.41, 5.74) is 5.36.